The lowest BCUT2D eigenvalue weighted by Gasteiger charge is -2.02. The van der Waals surface area contributed by atoms with Gasteiger partial charge >= 0.3 is 5.69 Å². The second-order valence-corrected chi connectivity index (χ2v) is 4.23. The molecule has 0 aromatic carbocycles. The maximum atomic E-state index is 10.8. The van der Waals surface area contributed by atoms with Crippen LogP contribution in [0.5, 0.6) is 0 Å². The van der Waals surface area contributed by atoms with E-state index in [1.54, 1.807) is 18.5 Å². The second kappa shape index (κ2) is 5.89. The highest BCUT2D eigenvalue weighted by molar-refractivity contribution is 7.80. The van der Waals surface area contributed by atoms with E-state index in [0.29, 0.717) is 11.4 Å². The molecule has 0 radical (unpaired) electrons. The van der Waals surface area contributed by atoms with Crippen LogP contribution >= 0.6 is 12.6 Å². The standard InChI is InChI=1S/C10H17N3O2S/c1-8-10(13(14)15)9(2)12(11-8)6-4-3-5-7-16/h16H,3-7H2,1-2H3. The predicted octanol–water partition coefficient (Wildman–Crippen LogP) is 2.51. The molecule has 1 rings (SSSR count). The molecule has 90 valence electrons. The summed E-state index contributed by atoms with van der Waals surface area (Å²) in [6.45, 7) is 4.17. The summed E-state index contributed by atoms with van der Waals surface area (Å²) in [5.41, 5.74) is 1.29. The zero-order chi connectivity index (χ0) is 12.1. The van der Waals surface area contributed by atoms with E-state index in [0.717, 1.165) is 31.6 Å². The molecule has 0 fully saturated rings. The SMILES string of the molecule is Cc1nn(CCCCCS)c(C)c1[N+](=O)[O-]. The molecule has 1 aromatic rings. The summed E-state index contributed by atoms with van der Waals surface area (Å²) in [6.07, 6.45) is 3.14. The number of unbranched alkanes of at least 4 members (excludes halogenated alkanes) is 2. The van der Waals surface area contributed by atoms with Gasteiger partial charge in [-0.05, 0) is 32.4 Å². The largest absolute Gasteiger partial charge is 0.312 e. The molecule has 0 aliphatic carbocycles. The molecule has 0 amide bonds. The molecule has 0 bridgehead atoms. The van der Waals surface area contributed by atoms with Crippen molar-refractivity contribution in [3.8, 4) is 0 Å². The molecular weight excluding hydrogens is 226 g/mol. The van der Waals surface area contributed by atoms with Gasteiger partial charge in [0.15, 0.2) is 0 Å². The van der Waals surface area contributed by atoms with Gasteiger partial charge in [0.25, 0.3) is 0 Å². The normalized spacial score (nSPS) is 10.7. The molecule has 0 N–H and O–H groups in total. The van der Waals surface area contributed by atoms with Gasteiger partial charge in [0.1, 0.15) is 11.4 Å². The van der Waals surface area contributed by atoms with Crippen LogP contribution in [0.1, 0.15) is 30.7 Å². The Hall–Kier alpha value is -1.04. The quantitative estimate of drug-likeness (QED) is 0.361. The number of hydrogen-bond donors (Lipinski definition) is 1. The summed E-state index contributed by atoms with van der Waals surface area (Å²) >= 11 is 4.14. The van der Waals surface area contributed by atoms with Gasteiger partial charge in [-0.25, -0.2) is 0 Å². The van der Waals surface area contributed by atoms with Crippen molar-refractivity contribution in [1.82, 2.24) is 9.78 Å². The molecule has 6 heteroatoms. The van der Waals surface area contributed by atoms with Gasteiger partial charge in [-0.2, -0.15) is 17.7 Å². The third-order valence-electron chi connectivity index (χ3n) is 2.55. The van der Waals surface area contributed by atoms with E-state index in [1.165, 1.54) is 0 Å². The Bertz CT molecular complexity index is 376. The van der Waals surface area contributed by atoms with Crippen molar-refractivity contribution >= 4 is 18.3 Å². The molecule has 0 spiro atoms. The molecule has 0 saturated heterocycles. The molecule has 1 aromatic heterocycles. The molecule has 0 aliphatic heterocycles. The first kappa shape index (κ1) is 13.0. The van der Waals surface area contributed by atoms with E-state index < -0.39 is 0 Å². The van der Waals surface area contributed by atoms with Gasteiger partial charge in [0.05, 0.1) is 4.92 Å². The number of nitro groups is 1. The van der Waals surface area contributed by atoms with Crippen LogP contribution in [-0.4, -0.2) is 20.5 Å². The van der Waals surface area contributed by atoms with Crippen molar-refractivity contribution in [2.75, 3.05) is 5.75 Å². The third-order valence-corrected chi connectivity index (χ3v) is 2.87. The average Bonchev–Trinajstić information content (AvgIpc) is 2.49. The predicted molar refractivity (Wildman–Crippen MR) is 66.1 cm³/mol. The Balaban J connectivity index is 2.67. The molecule has 16 heavy (non-hydrogen) atoms. The minimum Gasteiger partial charge on any atom is -0.262 e. The number of nitrogens with zero attached hydrogens (tertiary/aromatic N) is 3. The van der Waals surface area contributed by atoms with E-state index in [2.05, 4.69) is 17.7 Å². The van der Waals surface area contributed by atoms with Crippen molar-refractivity contribution < 1.29 is 4.92 Å². The fourth-order valence-electron chi connectivity index (χ4n) is 1.72. The maximum absolute atomic E-state index is 10.8. The topological polar surface area (TPSA) is 61.0 Å². The highest BCUT2D eigenvalue weighted by atomic mass is 32.1. The zero-order valence-corrected chi connectivity index (χ0v) is 10.5. The average molecular weight is 243 g/mol. The monoisotopic (exact) mass is 243 g/mol. The summed E-state index contributed by atoms with van der Waals surface area (Å²) in [5, 5.41) is 15.0. The van der Waals surface area contributed by atoms with Crippen LogP contribution in [0.4, 0.5) is 5.69 Å². The van der Waals surface area contributed by atoms with Crippen LogP contribution in [0, 0.1) is 24.0 Å². The second-order valence-electron chi connectivity index (χ2n) is 3.78. The van der Waals surface area contributed by atoms with Crippen LogP contribution in [0.3, 0.4) is 0 Å². The highest BCUT2D eigenvalue weighted by Crippen LogP contribution is 2.22. The molecule has 0 saturated carbocycles. The summed E-state index contributed by atoms with van der Waals surface area (Å²) < 4.78 is 1.73. The molecule has 0 atom stereocenters. The van der Waals surface area contributed by atoms with Crippen LogP contribution in [0.25, 0.3) is 0 Å². The van der Waals surface area contributed by atoms with E-state index in [9.17, 15) is 10.1 Å². The van der Waals surface area contributed by atoms with Crippen molar-refractivity contribution in [2.45, 2.75) is 39.7 Å². The Morgan fingerprint density at radius 3 is 2.56 bits per heavy atom. The number of thiol groups is 1. The van der Waals surface area contributed by atoms with Gasteiger partial charge < -0.3 is 0 Å². The van der Waals surface area contributed by atoms with Gasteiger partial charge in [-0.3, -0.25) is 14.8 Å². The summed E-state index contributed by atoms with van der Waals surface area (Å²) in [7, 11) is 0. The Morgan fingerprint density at radius 2 is 2.06 bits per heavy atom. The zero-order valence-electron chi connectivity index (χ0n) is 9.64. The Morgan fingerprint density at radius 1 is 1.38 bits per heavy atom. The lowest BCUT2D eigenvalue weighted by molar-refractivity contribution is -0.386. The Kier molecular flexibility index (Phi) is 4.79. The van der Waals surface area contributed by atoms with Crippen molar-refractivity contribution in [3.05, 3.63) is 21.5 Å². The minimum atomic E-state index is -0.359. The first-order valence-electron chi connectivity index (χ1n) is 5.37. The van der Waals surface area contributed by atoms with Crippen LogP contribution < -0.4 is 0 Å². The lowest BCUT2D eigenvalue weighted by Crippen LogP contribution is -2.03. The molecule has 0 unspecified atom stereocenters. The van der Waals surface area contributed by atoms with Crippen LogP contribution in [0.15, 0.2) is 0 Å². The molecule has 5 nitrogen and oxygen atoms in total. The van der Waals surface area contributed by atoms with Crippen LogP contribution in [0.2, 0.25) is 0 Å². The summed E-state index contributed by atoms with van der Waals surface area (Å²) in [4.78, 5) is 10.4. The van der Waals surface area contributed by atoms with E-state index in [-0.39, 0.29) is 10.6 Å². The fraction of sp³-hybridized carbons (Fsp3) is 0.700. The number of rotatable bonds is 6. The van der Waals surface area contributed by atoms with Gasteiger partial charge in [0, 0.05) is 6.54 Å². The first-order chi connectivity index (χ1) is 7.57. The van der Waals surface area contributed by atoms with Crippen molar-refractivity contribution in [2.24, 2.45) is 0 Å². The van der Waals surface area contributed by atoms with E-state index in [4.69, 9.17) is 0 Å². The lowest BCUT2D eigenvalue weighted by atomic mass is 10.2. The number of aromatic nitrogens is 2. The van der Waals surface area contributed by atoms with E-state index >= 15 is 0 Å². The van der Waals surface area contributed by atoms with Crippen molar-refractivity contribution in [1.29, 1.82) is 0 Å². The molecule has 1 heterocycles. The van der Waals surface area contributed by atoms with Crippen LogP contribution in [-0.2, 0) is 6.54 Å². The van der Waals surface area contributed by atoms with Gasteiger partial charge in [-0.1, -0.05) is 6.42 Å². The fourth-order valence-corrected chi connectivity index (χ4v) is 1.94. The number of aryl methyl sites for hydroxylation is 2. The van der Waals surface area contributed by atoms with Crippen molar-refractivity contribution in [3.63, 3.8) is 0 Å². The maximum Gasteiger partial charge on any atom is 0.312 e. The van der Waals surface area contributed by atoms with Gasteiger partial charge in [0.2, 0.25) is 0 Å². The summed E-state index contributed by atoms with van der Waals surface area (Å²) in [5.74, 6) is 0.886. The Labute approximate surface area is 100 Å². The summed E-state index contributed by atoms with van der Waals surface area (Å²) in [6, 6.07) is 0. The first-order valence-corrected chi connectivity index (χ1v) is 6.00. The molecule has 0 aliphatic rings. The highest BCUT2D eigenvalue weighted by Gasteiger charge is 2.21. The molecular formula is C10H17N3O2S. The minimum absolute atomic E-state index is 0.147. The van der Waals surface area contributed by atoms with Gasteiger partial charge in [-0.15, -0.1) is 0 Å². The third kappa shape index (κ3) is 2.98. The smallest absolute Gasteiger partial charge is 0.262 e. The number of hydrogen-bond acceptors (Lipinski definition) is 4. The van der Waals surface area contributed by atoms with E-state index in [1.807, 2.05) is 0 Å².